The summed E-state index contributed by atoms with van der Waals surface area (Å²) in [6.07, 6.45) is 11.8. The Labute approximate surface area is 167 Å². The zero-order chi connectivity index (χ0) is 15.6. The Morgan fingerprint density at radius 3 is 1.52 bits per heavy atom. The van der Waals surface area contributed by atoms with Crippen LogP contribution in [0, 0.1) is 13.8 Å². The number of aryl methyl sites for hydroxylation is 2. The molecule has 2 aromatic carbocycles. The largest absolute Gasteiger partial charge is 1.00 e. The van der Waals surface area contributed by atoms with Gasteiger partial charge in [0.2, 0.25) is 0 Å². The first-order chi connectivity index (χ1) is 11.2. The minimum absolute atomic E-state index is 0. The van der Waals surface area contributed by atoms with Crippen LogP contribution >= 0.6 is 0 Å². The Morgan fingerprint density at radius 2 is 1.12 bits per heavy atom. The van der Waals surface area contributed by atoms with Gasteiger partial charge in [-0.05, 0) is 0 Å². The monoisotopic (exact) mass is 446 g/mol. The van der Waals surface area contributed by atoms with E-state index in [4.69, 9.17) is 0 Å². The van der Waals surface area contributed by atoms with Gasteiger partial charge in [0.25, 0.3) is 0 Å². The van der Waals surface area contributed by atoms with Gasteiger partial charge < -0.3 is 24.8 Å². The van der Waals surface area contributed by atoms with Gasteiger partial charge in [-0.1, -0.05) is 0 Å². The first-order valence-electron chi connectivity index (χ1n) is 8.78. The average Bonchev–Trinajstić information content (AvgIpc) is 2.96. The molecule has 25 heavy (non-hydrogen) atoms. The molecule has 1 heterocycles. The molecular weight excluding hydrogens is 426 g/mol. The van der Waals surface area contributed by atoms with E-state index in [2.05, 4.69) is 62.4 Å². The summed E-state index contributed by atoms with van der Waals surface area (Å²) < 4.78 is 6.58. The molecule has 128 valence electrons. The van der Waals surface area contributed by atoms with Crippen LogP contribution in [0.5, 0.6) is 0 Å². The fraction of sp³-hybridized carbons (Fsp3) is 0.273. The second-order valence-corrected chi connectivity index (χ2v) is 18.0. The first kappa shape index (κ1) is 19.2. The van der Waals surface area contributed by atoms with E-state index in [1.165, 1.54) is 19.4 Å². The van der Waals surface area contributed by atoms with Crippen molar-refractivity contribution >= 4 is 18.7 Å². The van der Waals surface area contributed by atoms with Gasteiger partial charge in [-0.3, -0.25) is 0 Å². The van der Waals surface area contributed by atoms with Crippen molar-refractivity contribution in [2.24, 2.45) is 0 Å². The second-order valence-electron chi connectivity index (χ2n) is 7.57. The summed E-state index contributed by atoms with van der Waals surface area (Å²) in [4.78, 5) is 0. The molecule has 3 aliphatic rings. The van der Waals surface area contributed by atoms with Crippen molar-refractivity contribution in [1.29, 1.82) is 0 Å². The van der Waals surface area contributed by atoms with Crippen molar-refractivity contribution in [1.82, 2.24) is 0 Å². The van der Waals surface area contributed by atoms with Crippen molar-refractivity contribution in [3.63, 3.8) is 0 Å². The maximum Gasteiger partial charge on any atom is -1.00 e. The van der Waals surface area contributed by atoms with Crippen LogP contribution in [0.3, 0.4) is 0 Å². The molecule has 3 heteroatoms. The summed E-state index contributed by atoms with van der Waals surface area (Å²) in [5.74, 6) is 0. The standard InChI is InChI=1S/2C10H9.C2H4.2ClH.Zr/c2*1-8-5-6-9-3-2-4-10(9)7-8;1-2;;;/h2*2-3,5,7H,4H2,1H3;1-2H2;2*1H;/q;;;;;+2/p-2. The van der Waals surface area contributed by atoms with Crippen molar-refractivity contribution < 1.29 is 45.1 Å². The fourth-order valence-electron chi connectivity index (χ4n) is 4.68. The molecule has 0 spiro atoms. The number of hydrogen-bond donors (Lipinski definition) is 0. The van der Waals surface area contributed by atoms with Gasteiger partial charge in [0, 0.05) is 0 Å². The van der Waals surface area contributed by atoms with Gasteiger partial charge in [0.05, 0.1) is 0 Å². The molecule has 5 rings (SSSR count). The molecule has 0 amide bonds. The zero-order valence-corrected chi connectivity index (χ0v) is 18.7. The average molecular weight is 449 g/mol. The minimum Gasteiger partial charge on any atom is -1.00 e. The van der Waals surface area contributed by atoms with Gasteiger partial charge in [0.15, 0.2) is 0 Å². The van der Waals surface area contributed by atoms with Crippen molar-refractivity contribution in [3.05, 3.63) is 69.8 Å². The quantitative estimate of drug-likeness (QED) is 0.520. The van der Waals surface area contributed by atoms with E-state index in [0.717, 1.165) is 12.8 Å². The smallest absolute Gasteiger partial charge is 1.00 e. The van der Waals surface area contributed by atoms with Gasteiger partial charge in [0.1, 0.15) is 0 Å². The molecule has 2 aliphatic carbocycles. The van der Waals surface area contributed by atoms with Crippen LogP contribution in [0.2, 0.25) is 8.26 Å². The van der Waals surface area contributed by atoms with E-state index in [1.807, 2.05) is 0 Å². The zero-order valence-electron chi connectivity index (χ0n) is 14.7. The molecule has 0 nitrogen and oxygen atoms in total. The Morgan fingerprint density at radius 1 is 0.680 bits per heavy atom. The maximum atomic E-state index is 2.55. The molecule has 1 aliphatic heterocycles. The van der Waals surface area contributed by atoms with Gasteiger partial charge in [-0.15, -0.1) is 0 Å². The number of benzene rings is 2. The van der Waals surface area contributed by atoms with E-state index in [1.54, 1.807) is 28.8 Å². The van der Waals surface area contributed by atoms with Crippen LogP contribution in [0.1, 0.15) is 33.4 Å². The molecule has 0 aromatic heterocycles. The number of fused-ring (bicyclic) bond motifs is 2. The van der Waals surface area contributed by atoms with E-state index in [0.29, 0.717) is 0 Å². The molecule has 0 radical (unpaired) electrons. The molecule has 0 bridgehead atoms. The predicted molar refractivity (Wildman–Crippen MR) is 96.7 cm³/mol. The number of allylic oxidation sites excluding steroid dienone is 2. The van der Waals surface area contributed by atoms with Crippen LogP contribution in [0.15, 0.2) is 36.4 Å². The summed E-state index contributed by atoms with van der Waals surface area (Å²) in [5.41, 5.74) is 9.27. The summed E-state index contributed by atoms with van der Waals surface area (Å²) in [6, 6.07) is 9.90. The van der Waals surface area contributed by atoms with Crippen LogP contribution in [0.25, 0.3) is 12.2 Å². The van der Waals surface area contributed by atoms with Crippen LogP contribution in [-0.4, -0.2) is 0 Å². The SMILES string of the molecule is Cc1cc2c([c]([Zr+2]3([c]4cc(C)cc5c4C=CC5)[CH2][CH2]3)c1)C=CC2.[Cl-].[Cl-]. The van der Waals surface area contributed by atoms with E-state index in [-0.39, 0.29) is 24.8 Å². The van der Waals surface area contributed by atoms with Crippen molar-refractivity contribution in [3.8, 4) is 0 Å². The van der Waals surface area contributed by atoms with Gasteiger partial charge in [-0.2, -0.15) is 0 Å². The van der Waals surface area contributed by atoms with Gasteiger partial charge in [-0.25, -0.2) is 0 Å². The first-order valence-corrected chi connectivity index (χ1v) is 14.7. The Hall–Kier alpha value is -0.617. The Bertz CT molecular complexity index is 833. The predicted octanol–water partition coefficient (Wildman–Crippen LogP) is -1.60. The van der Waals surface area contributed by atoms with Crippen LogP contribution in [-0.2, 0) is 33.1 Å². The Kier molecular flexibility index (Phi) is 5.24. The number of halogens is 2. The number of rotatable bonds is 2. The molecule has 2 aromatic rings. The summed E-state index contributed by atoms with van der Waals surface area (Å²) in [6.45, 7) is 4.56. The third-order valence-electron chi connectivity index (χ3n) is 5.85. The van der Waals surface area contributed by atoms with Crippen LogP contribution < -0.4 is 31.4 Å². The second kappa shape index (κ2) is 6.84. The maximum absolute atomic E-state index is 2.55. The van der Waals surface area contributed by atoms with Crippen molar-refractivity contribution in [2.75, 3.05) is 0 Å². The molecule has 1 fully saturated rings. The molecule has 0 unspecified atom stereocenters. The number of hydrogen-bond acceptors (Lipinski definition) is 0. The molecule has 0 saturated carbocycles. The summed E-state index contributed by atoms with van der Waals surface area (Å²) >= 11 is -2.38. The van der Waals surface area contributed by atoms with Crippen molar-refractivity contribution in [2.45, 2.75) is 34.9 Å². The van der Waals surface area contributed by atoms with E-state index in [9.17, 15) is 0 Å². The molecule has 0 atom stereocenters. The summed E-state index contributed by atoms with van der Waals surface area (Å²) in [5, 5.41) is 0. The van der Waals surface area contributed by atoms with E-state index >= 15 is 0 Å². The van der Waals surface area contributed by atoms with E-state index < -0.39 is 20.3 Å². The fourth-order valence-corrected chi connectivity index (χ4v) is 18.5. The Balaban J connectivity index is 0.000000911. The molecular formula is C22H22Cl2Zr. The normalized spacial score (nSPS) is 16.2. The topological polar surface area (TPSA) is 0 Å². The molecule has 0 N–H and O–H groups in total. The third-order valence-corrected chi connectivity index (χ3v) is 16.6. The minimum atomic E-state index is -2.38. The van der Waals surface area contributed by atoms with Gasteiger partial charge >= 0.3 is 144 Å². The third kappa shape index (κ3) is 2.93. The summed E-state index contributed by atoms with van der Waals surface area (Å²) in [7, 11) is 0. The van der Waals surface area contributed by atoms with Crippen LogP contribution in [0.4, 0.5) is 0 Å². The molecule has 1 saturated heterocycles.